The average Bonchev–Trinajstić information content (AvgIpc) is 3.10. The second-order valence-electron chi connectivity index (χ2n) is 6.01. The molecule has 1 unspecified atom stereocenters. The molecule has 1 atom stereocenters. The molecule has 0 amide bonds. The maximum absolute atomic E-state index is 11.2. The predicted octanol–water partition coefficient (Wildman–Crippen LogP) is 1.02. The number of carbonyl (C=O) groups is 1. The zero-order valence-electron chi connectivity index (χ0n) is 10.4. The van der Waals surface area contributed by atoms with Crippen molar-refractivity contribution in [1.29, 1.82) is 0 Å². The van der Waals surface area contributed by atoms with Gasteiger partial charge in [-0.25, -0.2) is 0 Å². The van der Waals surface area contributed by atoms with Crippen LogP contribution >= 0.6 is 0 Å². The highest BCUT2D eigenvalue weighted by molar-refractivity contribution is 5.78. The van der Waals surface area contributed by atoms with Crippen molar-refractivity contribution in [2.45, 2.75) is 38.1 Å². The van der Waals surface area contributed by atoms with Gasteiger partial charge in [0.1, 0.15) is 0 Å². The van der Waals surface area contributed by atoms with E-state index in [-0.39, 0.29) is 5.41 Å². The lowest BCUT2D eigenvalue weighted by molar-refractivity contribution is -0.144. The van der Waals surface area contributed by atoms with Gasteiger partial charge in [-0.2, -0.15) is 0 Å². The summed E-state index contributed by atoms with van der Waals surface area (Å²) in [7, 11) is 0. The van der Waals surface area contributed by atoms with Gasteiger partial charge in [-0.3, -0.25) is 14.6 Å². The van der Waals surface area contributed by atoms with E-state index in [0.29, 0.717) is 6.04 Å². The standard InChI is InChI=1S/C13H22N2O2/c16-12(17)13(4-5-13)10-14-7-8-15-6-2-1-3-11(15)9-14/h11H,1-10H2,(H,16,17). The fraction of sp³-hybridized carbons (Fsp3) is 0.923. The van der Waals surface area contributed by atoms with E-state index in [9.17, 15) is 9.90 Å². The van der Waals surface area contributed by atoms with Gasteiger partial charge in [-0.05, 0) is 32.2 Å². The molecule has 2 heterocycles. The quantitative estimate of drug-likeness (QED) is 0.797. The lowest BCUT2D eigenvalue weighted by Gasteiger charge is -2.44. The summed E-state index contributed by atoms with van der Waals surface area (Å²) in [6.45, 7) is 5.33. The van der Waals surface area contributed by atoms with Crippen molar-refractivity contribution in [3.8, 4) is 0 Å². The summed E-state index contributed by atoms with van der Waals surface area (Å²) in [5.41, 5.74) is -0.378. The molecule has 17 heavy (non-hydrogen) atoms. The molecule has 2 aliphatic heterocycles. The molecule has 0 aromatic rings. The fourth-order valence-electron chi connectivity index (χ4n) is 3.38. The Bertz CT molecular complexity index is 315. The summed E-state index contributed by atoms with van der Waals surface area (Å²) in [4.78, 5) is 16.2. The first-order valence-corrected chi connectivity index (χ1v) is 6.89. The smallest absolute Gasteiger partial charge is 0.310 e. The van der Waals surface area contributed by atoms with E-state index >= 15 is 0 Å². The minimum Gasteiger partial charge on any atom is -0.481 e. The third-order valence-electron chi connectivity index (χ3n) is 4.75. The Hall–Kier alpha value is -0.610. The van der Waals surface area contributed by atoms with Crippen molar-refractivity contribution >= 4 is 5.97 Å². The third-order valence-corrected chi connectivity index (χ3v) is 4.75. The molecular weight excluding hydrogens is 216 g/mol. The second kappa shape index (κ2) is 4.25. The lowest BCUT2D eigenvalue weighted by atomic mass is 9.98. The van der Waals surface area contributed by atoms with Gasteiger partial charge < -0.3 is 5.11 Å². The second-order valence-corrected chi connectivity index (χ2v) is 6.01. The van der Waals surface area contributed by atoms with E-state index in [2.05, 4.69) is 9.80 Å². The van der Waals surface area contributed by atoms with Crippen LogP contribution < -0.4 is 0 Å². The molecule has 0 bridgehead atoms. The van der Waals surface area contributed by atoms with Gasteiger partial charge in [-0.1, -0.05) is 6.42 Å². The number of piperidine rings is 1. The normalized spacial score (nSPS) is 33.1. The van der Waals surface area contributed by atoms with Gasteiger partial charge in [0.15, 0.2) is 0 Å². The topological polar surface area (TPSA) is 43.8 Å². The highest BCUT2D eigenvalue weighted by atomic mass is 16.4. The molecule has 1 aliphatic carbocycles. The Morgan fingerprint density at radius 3 is 2.76 bits per heavy atom. The molecule has 1 N–H and O–H groups in total. The van der Waals surface area contributed by atoms with Crippen LogP contribution in [0.5, 0.6) is 0 Å². The number of rotatable bonds is 3. The van der Waals surface area contributed by atoms with Gasteiger partial charge >= 0.3 is 5.97 Å². The minimum atomic E-state index is -0.580. The van der Waals surface area contributed by atoms with Gasteiger partial charge in [0, 0.05) is 32.2 Å². The summed E-state index contributed by atoms with van der Waals surface area (Å²) in [6.07, 6.45) is 5.76. The summed E-state index contributed by atoms with van der Waals surface area (Å²) in [5.74, 6) is -0.580. The number of piperazine rings is 1. The molecular formula is C13H22N2O2. The largest absolute Gasteiger partial charge is 0.481 e. The maximum atomic E-state index is 11.2. The Balaban J connectivity index is 1.57. The first-order valence-electron chi connectivity index (χ1n) is 6.89. The number of fused-ring (bicyclic) bond motifs is 1. The molecule has 0 aromatic carbocycles. The first kappa shape index (κ1) is 11.5. The number of carboxylic acid groups (broad SMARTS) is 1. The van der Waals surface area contributed by atoms with E-state index in [1.165, 1.54) is 25.8 Å². The van der Waals surface area contributed by atoms with E-state index in [1.54, 1.807) is 0 Å². The van der Waals surface area contributed by atoms with Gasteiger partial charge in [0.25, 0.3) is 0 Å². The Kier molecular flexibility index (Phi) is 2.87. The van der Waals surface area contributed by atoms with Crippen LogP contribution in [-0.4, -0.2) is 59.6 Å². The molecule has 2 saturated heterocycles. The highest BCUT2D eigenvalue weighted by Gasteiger charge is 2.51. The lowest BCUT2D eigenvalue weighted by Crippen LogP contribution is -2.56. The molecule has 0 spiro atoms. The summed E-state index contributed by atoms with van der Waals surface area (Å²) < 4.78 is 0. The monoisotopic (exact) mass is 238 g/mol. The molecule has 3 fully saturated rings. The van der Waals surface area contributed by atoms with Crippen molar-refractivity contribution < 1.29 is 9.90 Å². The van der Waals surface area contributed by atoms with Crippen LogP contribution in [0.15, 0.2) is 0 Å². The Labute approximate surface area is 103 Å². The van der Waals surface area contributed by atoms with Crippen molar-refractivity contribution in [3.05, 3.63) is 0 Å². The van der Waals surface area contributed by atoms with Gasteiger partial charge in [-0.15, -0.1) is 0 Å². The molecule has 3 aliphatic rings. The van der Waals surface area contributed by atoms with Crippen LogP contribution in [0.25, 0.3) is 0 Å². The van der Waals surface area contributed by atoms with E-state index in [4.69, 9.17) is 0 Å². The van der Waals surface area contributed by atoms with Crippen LogP contribution in [0.1, 0.15) is 32.1 Å². The van der Waals surface area contributed by atoms with E-state index in [1.807, 2.05) is 0 Å². The molecule has 0 radical (unpaired) electrons. The molecule has 0 aromatic heterocycles. The van der Waals surface area contributed by atoms with E-state index < -0.39 is 5.97 Å². The molecule has 96 valence electrons. The molecule has 4 nitrogen and oxygen atoms in total. The molecule has 4 heteroatoms. The SMILES string of the molecule is O=C(O)C1(CN2CCN3CCCCC3C2)CC1. The predicted molar refractivity (Wildman–Crippen MR) is 65.0 cm³/mol. The summed E-state index contributed by atoms with van der Waals surface area (Å²) in [5, 5.41) is 9.23. The van der Waals surface area contributed by atoms with Gasteiger partial charge in [0.2, 0.25) is 0 Å². The van der Waals surface area contributed by atoms with Crippen LogP contribution in [0.2, 0.25) is 0 Å². The fourth-order valence-corrected chi connectivity index (χ4v) is 3.38. The van der Waals surface area contributed by atoms with Crippen LogP contribution in [0, 0.1) is 5.41 Å². The van der Waals surface area contributed by atoms with Gasteiger partial charge in [0.05, 0.1) is 5.41 Å². The van der Waals surface area contributed by atoms with Crippen molar-refractivity contribution in [2.75, 3.05) is 32.7 Å². The highest BCUT2D eigenvalue weighted by Crippen LogP contribution is 2.46. The Morgan fingerprint density at radius 1 is 1.24 bits per heavy atom. The molecule has 3 rings (SSSR count). The van der Waals surface area contributed by atoms with Crippen molar-refractivity contribution in [1.82, 2.24) is 9.80 Å². The molecule has 1 saturated carbocycles. The van der Waals surface area contributed by atoms with Crippen LogP contribution in [0.4, 0.5) is 0 Å². The number of aliphatic carboxylic acids is 1. The Morgan fingerprint density at radius 2 is 2.06 bits per heavy atom. The van der Waals surface area contributed by atoms with E-state index in [0.717, 1.165) is 39.0 Å². The number of hydrogen-bond acceptors (Lipinski definition) is 3. The number of hydrogen-bond donors (Lipinski definition) is 1. The third kappa shape index (κ3) is 2.20. The van der Waals surface area contributed by atoms with Crippen LogP contribution in [-0.2, 0) is 4.79 Å². The number of carboxylic acids is 1. The van der Waals surface area contributed by atoms with Crippen LogP contribution in [0.3, 0.4) is 0 Å². The minimum absolute atomic E-state index is 0.378. The van der Waals surface area contributed by atoms with Crippen molar-refractivity contribution in [2.24, 2.45) is 5.41 Å². The zero-order chi connectivity index (χ0) is 11.9. The first-order chi connectivity index (χ1) is 8.20. The zero-order valence-corrected chi connectivity index (χ0v) is 10.4. The van der Waals surface area contributed by atoms with Crippen molar-refractivity contribution in [3.63, 3.8) is 0 Å². The summed E-state index contributed by atoms with van der Waals surface area (Å²) in [6, 6.07) is 0.696. The number of nitrogens with zero attached hydrogens (tertiary/aromatic N) is 2. The summed E-state index contributed by atoms with van der Waals surface area (Å²) >= 11 is 0. The average molecular weight is 238 g/mol. The maximum Gasteiger partial charge on any atom is 0.310 e.